The summed E-state index contributed by atoms with van der Waals surface area (Å²) in [6.07, 6.45) is 7.52. The molecular formula is C20H40O6Si3. The van der Waals surface area contributed by atoms with Crippen molar-refractivity contribution in [1.29, 1.82) is 0 Å². The van der Waals surface area contributed by atoms with Gasteiger partial charge in [-0.3, -0.25) is 0 Å². The Morgan fingerprint density at radius 2 is 1.59 bits per heavy atom. The van der Waals surface area contributed by atoms with Gasteiger partial charge in [0.1, 0.15) is 6.10 Å². The summed E-state index contributed by atoms with van der Waals surface area (Å²) >= 11 is 0. The molecule has 0 heterocycles. The minimum atomic E-state index is -1.52. The summed E-state index contributed by atoms with van der Waals surface area (Å²) in [6.45, 7) is 15.2. The normalized spacial score (nSPS) is 17.6. The van der Waals surface area contributed by atoms with Gasteiger partial charge in [0.25, 0.3) is 10.0 Å². The Kier molecular flexibility index (Phi) is 10.5. The van der Waals surface area contributed by atoms with E-state index in [-0.39, 0.29) is 23.2 Å². The third-order valence-corrected chi connectivity index (χ3v) is 12.7. The molecule has 0 spiro atoms. The van der Waals surface area contributed by atoms with E-state index in [1.54, 1.807) is 0 Å². The van der Waals surface area contributed by atoms with Gasteiger partial charge in [-0.25, -0.2) is 9.59 Å². The van der Waals surface area contributed by atoms with Crippen LogP contribution in [0.1, 0.15) is 59.8 Å². The number of rotatable bonds is 11. The van der Waals surface area contributed by atoms with Crippen LogP contribution in [0.5, 0.6) is 0 Å². The topological polar surface area (TPSA) is 71.1 Å². The molecule has 0 unspecified atom stereocenters. The molecule has 0 aliphatic heterocycles. The van der Waals surface area contributed by atoms with Gasteiger partial charge in [-0.2, -0.15) is 0 Å². The fourth-order valence-electron chi connectivity index (χ4n) is 2.73. The number of hydrogen-bond donors (Lipinski definition) is 0. The maximum Gasteiger partial charge on any atom is 0.331 e. The fraction of sp³-hybridized carbons (Fsp3) is 0.800. The molecule has 0 atom stereocenters. The summed E-state index contributed by atoms with van der Waals surface area (Å²) in [5.74, 6) is -0.991. The third-order valence-electron chi connectivity index (χ3n) is 5.64. The number of hydrogen-bond acceptors (Lipinski definition) is 6. The summed E-state index contributed by atoms with van der Waals surface area (Å²) in [5, 5.41) is -0.0628. The van der Waals surface area contributed by atoms with Gasteiger partial charge < -0.3 is 17.7 Å². The second kappa shape index (κ2) is 11.6. The Morgan fingerprint density at radius 1 is 1.00 bits per heavy atom. The van der Waals surface area contributed by atoms with Crippen molar-refractivity contribution in [3.05, 3.63) is 12.2 Å². The lowest BCUT2D eigenvalue weighted by Gasteiger charge is -2.40. The molecule has 1 aliphatic rings. The molecule has 0 radical (unpaired) electrons. The van der Waals surface area contributed by atoms with Crippen LogP contribution < -0.4 is 0 Å². The molecule has 6 nitrogen and oxygen atoms in total. The van der Waals surface area contributed by atoms with E-state index in [0.29, 0.717) is 0 Å². The molecule has 1 fully saturated rings. The molecule has 0 amide bonds. The first kappa shape index (κ1) is 26.3. The zero-order chi connectivity index (χ0) is 22.1. The molecule has 0 aromatic rings. The first-order valence-electron chi connectivity index (χ1n) is 10.6. The second-order valence-corrected chi connectivity index (χ2v) is 19.4. The SMILES string of the molecule is CC(C)(COC(=O)/C=C/C(=O)OC1CCCCC1)C(C)(C)[SiH2]O[SiH2]O[Si](C)(C)C. The van der Waals surface area contributed by atoms with E-state index in [0.717, 1.165) is 31.8 Å². The Labute approximate surface area is 182 Å². The van der Waals surface area contributed by atoms with Crippen molar-refractivity contribution in [2.75, 3.05) is 6.61 Å². The van der Waals surface area contributed by atoms with Gasteiger partial charge in [0.05, 0.1) is 6.61 Å². The van der Waals surface area contributed by atoms with Gasteiger partial charge >= 0.3 is 11.9 Å². The molecule has 0 aromatic carbocycles. The molecule has 1 saturated carbocycles. The van der Waals surface area contributed by atoms with E-state index in [1.807, 2.05) is 0 Å². The molecule has 0 bridgehead atoms. The van der Waals surface area contributed by atoms with E-state index >= 15 is 0 Å². The van der Waals surface area contributed by atoms with Crippen LogP contribution in [-0.2, 0) is 27.3 Å². The van der Waals surface area contributed by atoms with Crippen LogP contribution in [-0.4, -0.2) is 52.7 Å². The standard InChI is InChI=1S/C20H40O6Si3/c1-19(2,20(3,4)27-25-28-26-29(5,6)7)15-23-17(21)13-14-18(22)24-16-11-9-8-10-12-16/h13-14,16H,8-12,15,27-28H2,1-7H3/b14-13+. The van der Waals surface area contributed by atoms with Crippen molar-refractivity contribution in [3.63, 3.8) is 0 Å². The number of carbonyl (C=O) groups is 2. The maximum atomic E-state index is 12.0. The van der Waals surface area contributed by atoms with Crippen LogP contribution in [0.2, 0.25) is 24.7 Å². The van der Waals surface area contributed by atoms with Gasteiger partial charge in [-0.15, -0.1) is 0 Å². The summed E-state index contributed by atoms with van der Waals surface area (Å²) in [4.78, 5) is 23.9. The van der Waals surface area contributed by atoms with Crippen LogP contribution in [0.4, 0.5) is 0 Å². The molecule has 9 heteroatoms. The van der Waals surface area contributed by atoms with Gasteiger partial charge in [0.2, 0.25) is 0 Å². The lowest BCUT2D eigenvalue weighted by molar-refractivity contribution is -0.146. The minimum absolute atomic E-state index is 0.0184. The molecule has 1 aliphatic carbocycles. The van der Waals surface area contributed by atoms with Crippen molar-refractivity contribution in [2.24, 2.45) is 5.41 Å². The van der Waals surface area contributed by atoms with Crippen LogP contribution in [0.3, 0.4) is 0 Å². The first-order chi connectivity index (χ1) is 13.3. The van der Waals surface area contributed by atoms with Crippen molar-refractivity contribution >= 4 is 40.0 Å². The Morgan fingerprint density at radius 3 is 2.17 bits per heavy atom. The zero-order valence-electron chi connectivity index (χ0n) is 19.3. The lowest BCUT2D eigenvalue weighted by atomic mass is 9.81. The maximum absolute atomic E-state index is 12.0. The summed E-state index contributed by atoms with van der Waals surface area (Å²) < 4.78 is 22.7. The Hall–Kier alpha value is -0.749. The van der Waals surface area contributed by atoms with Crippen LogP contribution in [0.25, 0.3) is 0 Å². The predicted octanol–water partition coefficient (Wildman–Crippen LogP) is 3.14. The summed E-state index contributed by atoms with van der Waals surface area (Å²) in [6, 6.07) is 0. The van der Waals surface area contributed by atoms with Crippen molar-refractivity contribution in [1.82, 2.24) is 0 Å². The van der Waals surface area contributed by atoms with Crippen molar-refractivity contribution < 1.29 is 27.3 Å². The van der Waals surface area contributed by atoms with E-state index in [4.69, 9.17) is 17.7 Å². The highest BCUT2D eigenvalue weighted by molar-refractivity contribution is 6.73. The Balaban J connectivity index is 2.39. The highest BCUT2D eigenvalue weighted by Crippen LogP contribution is 2.44. The lowest BCUT2D eigenvalue weighted by Crippen LogP contribution is -2.38. The first-order valence-corrected chi connectivity index (χ1v) is 16.4. The van der Waals surface area contributed by atoms with Crippen LogP contribution in [0.15, 0.2) is 12.2 Å². The predicted molar refractivity (Wildman–Crippen MR) is 123 cm³/mol. The molecule has 168 valence electrons. The fourth-order valence-corrected chi connectivity index (χ4v) is 8.09. The number of carbonyl (C=O) groups excluding carboxylic acids is 2. The quantitative estimate of drug-likeness (QED) is 0.204. The highest BCUT2D eigenvalue weighted by atomic mass is 28.4. The second-order valence-electron chi connectivity index (χ2n) is 10.1. The minimum Gasteiger partial charge on any atom is -0.462 e. The van der Waals surface area contributed by atoms with Gasteiger partial charge in [0.15, 0.2) is 18.1 Å². The molecule has 0 saturated heterocycles. The van der Waals surface area contributed by atoms with Crippen LogP contribution in [0, 0.1) is 5.41 Å². The smallest absolute Gasteiger partial charge is 0.331 e. The number of esters is 2. The molecule has 29 heavy (non-hydrogen) atoms. The summed E-state index contributed by atoms with van der Waals surface area (Å²) in [7, 11) is -3.30. The van der Waals surface area contributed by atoms with Gasteiger partial charge in [-0.1, -0.05) is 34.1 Å². The average molecular weight is 461 g/mol. The van der Waals surface area contributed by atoms with Crippen molar-refractivity contribution in [2.45, 2.75) is 90.6 Å². The van der Waals surface area contributed by atoms with Crippen LogP contribution >= 0.6 is 0 Å². The van der Waals surface area contributed by atoms with E-state index in [2.05, 4.69) is 47.3 Å². The zero-order valence-corrected chi connectivity index (χ0v) is 23.2. The van der Waals surface area contributed by atoms with E-state index < -0.39 is 40.0 Å². The average Bonchev–Trinajstić information content (AvgIpc) is 2.62. The molecule has 1 rings (SSSR count). The molecule has 0 N–H and O–H groups in total. The van der Waals surface area contributed by atoms with E-state index in [1.165, 1.54) is 12.5 Å². The Bertz CT molecular complexity index is 563. The molecular weight excluding hydrogens is 420 g/mol. The summed E-state index contributed by atoms with van der Waals surface area (Å²) in [5.41, 5.74) is -0.237. The van der Waals surface area contributed by atoms with Gasteiger partial charge in [-0.05, 0) is 50.4 Å². The largest absolute Gasteiger partial charge is 0.462 e. The number of ether oxygens (including phenoxy) is 2. The monoisotopic (exact) mass is 460 g/mol. The molecule has 0 aromatic heterocycles. The van der Waals surface area contributed by atoms with Gasteiger partial charge in [0, 0.05) is 17.6 Å². The van der Waals surface area contributed by atoms with Crippen molar-refractivity contribution in [3.8, 4) is 0 Å². The third kappa shape index (κ3) is 10.7. The highest BCUT2D eigenvalue weighted by Gasteiger charge is 2.39. The van der Waals surface area contributed by atoms with E-state index in [9.17, 15) is 9.59 Å².